The topological polar surface area (TPSA) is 80.4 Å². The lowest BCUT2D eigenvalue weighted by atomic mass is 9.69. The molecular formula is C14H20FNO3S. The maximum atomic E-state index is 13.2. The van der Waals surface area contributed by atoms with Crippen molar-refractivity contribution < 1.29 is 17.9 Å². The number of benzene rings is 1. The van der Waals surface area contributed by atoms with Crippen LogP contribution < -0.4 is 5.73 Å². The zero-order chi connectivity index (χ0) is 15.0. The number of hydrogen-bond donors (Lipinski definition) is 2. The molecule has 0 radical (unpaired) electrons. The predicted molar refractivity (Wildman–Crippen MR) is 75.5 cm³/mol. The van der Waals surface area contributed by atoms with Crippen molar-refractivity contribution in [1.82, 2.24) is 0 Å². The number of nitrogens with two attached hydrogens (primary N) is 1. The molecule has 2 unspecified atom stereocenters. The fourth-order valence-electron chi connectivity index (χ4n) is 2.95. The van der Waals surface area contributed by atoms with Gasteiger partial charge in [-0.15, -0.1) is 0 Å². The maximum absolute atomic E-state index is 13.2. The monoisotopic (exact) mass is 301 g/mol. The van der Waals surface area contributed by atoms with E-state index in [4.69, 9.17) is 5.73 Å². The van der Waals surface area contributed by atoms with Gasteiger partial charge in [0.1, 0.15) is 5.82 Å². The molecule has 2 rings (SSSR count). The average molecular weight is 301 g/mol. The summed E-state index contributed by atoms with van der Waals surface area (Å²) in [7, 11) is -3.16. The van der Waals surface area contributed by atoms with Crippen LogP contribution in [0.25, 0.3) is 0 Å². The van der Waals surface area contributed by atoms with Crippen molar-refractivity contribution in [2.45, 2.75) is 25.4 Å². The summed E-state index contributed by atoms with van der Waals surface area (Å²) in [5.41, 5.74) is 4.24. The van der Waals surface area contributed by atoms with Crippen LogP contribution >= 0.6 is 0 Å². The molecule has 0 saturated carbocycles. The molecule has 0 aromatic heterocycles. The highest BCUT2D eigenvalue weighted by Gasteiger charge is 2.52. The number of hydrogen-bond acceptors (Lipinski definition) is 4. The van der Waals surface area contributed by atoms with E-state index in [1.807, 2.05) is 0 Å². The normalized spacial score (nSPS) is 28.2. The van der Waals surface area contributed by atoms with E-state index < -0.39 is 20.9 Å². The van der Waals surface area contributed by atoms with Crippen LogP contribution in [-0.4, -0.2) is 37.2 Å². The molecule has 4 nitrogen and oxygen atoms in total. The van der Waals surface area contributed by atoms with Gasteiger partial charge in [-0.1, -0.05) is 12.1 Å². The van der Waals surface area contributed by atoms with Gasteiger partial charge in [0.2, 0.25) is 0 Å². The lowest BCUT2D eigenvalue weighted by Gasteiger charge is -2.41. The van der Waals surface area contributed by atoms with E-state index in [9.17, 15) is 17.9 Å². The Morgan fingerprint density at radius 2 is 2.20 bits per heavy atom. The van der Waals surface area contributed by atoms with Gasteiger partial charge in [0.15, 0.2) is 9.84 Å². The molecule has 1 aliphatic rings. The molecule has 0 spiro atoms. The minimum absolute atomic E-state index is 0.0451. The quantitative estimate of drug-likeness (QED) is 0.865. The zero-order valence-corrected chi connectivity index (χ0v) is 12.3. The second kappa shape index (κ2) is 5.09. The molecule has 1 aliphatic heterocycles. The van der Waals surface area contributed by atoms with Crippen LogP contribution in [0.15, 0.2) is 24.3 Å². The molecule has 0 aliphatic carbocycles. The van der Waals surface area contributed by atoms with Crippen molar-refractivity contribution in [3.05, 3.63) is 35.6 Å². The molecule has 3 N–H and O–H groups in total. The molecule has 0 bridgehead atoms. The van der Waals surface area contributed by atoms with Gasteiger partial charge in [0, 0.05) is 18.4 Å². The first-order valence-electron chi connectivity index (χ1n) is 6.57. The van der Waals surface area contributed by atoms with Crippen LogP contribution in [0, 0.1) is 11.2 Å². The summed E-state index contributed by atoms with van der Waals surface area (Å²) in [6, 6.07) is 5.96. The van der Waals surface area contributed by atoms with Crippen molar-refractivity contribution in [3.8, 4) is 0 Å². The standard InChI is InChI=1S/C14H20FNO3S/c1-13(17,8-11-3-2-4-12(15)7-11)14(9-16)5-6-20(18,19)10-14/h2-4,7,17H,5-6,8-10,16H2,1H3. The van der Waals surface area contributed by atoms with E-state index in [2.05, 4.69) is 0 Å². The van der Waals surface area contributed by atoms with Crippen LogP contribution in [0.4, 0.5) is 4.39 Å². The van der Waals surface area contributed by atoms with Gasteiger partial charge in [-0.25, -0.2) is 12.8 Å². The third kappa shape index (κ3) is 2.87. The Hall–Kier alpha value is -0.980. The Morgan fingerprint density at radius 1 is 1.50 bits per heavy atom. The minimum atomic E-state index is -3.16. The lowest BCUT2D eigenvalue weighted by Crippen LogP contribution is -2.53. The predicted octanol–water partition coefficient (Wildman–Crippen LogP) is 0.883. The fourth-order valence-corrected chi connectivity index (χ4v) is 5.21. The first-order chi connectivity index (χ1) is 9.20. The van der Waals surface area contributed by atoms with E-state index in [1.165, 1.54) is 12.1 Å². The van der Waals surface area contributed by atoms with Crippen LogP contribution in [0.2, 0.25) is 0 Å². The molecule has 0 amide bonds. The molecule has 1 aromatic carbocycles. The van der Waals surface area contributed by atoms with Crippen molar-refractivity contribution in [3.63, 3.8) is 0 Å². The SMILES string of the molecule is CC(O)(Cc1cccc(F)c1)C1(CN)CCS(=O)(=O)C1. The summed E-state index contributed by atoms with van der Waals surface area (Å²) in [5, 5.41) is 10.8. The first kappa shape index (κ1) is 15.4. The van der Waals surface area contributed by atoms with Gasteiger partial charge in [-0.3, -0.25) is 0 Å². The van der Waals surface area contributed by atoms with E-state index in [0.29, 0.717) is 12.0 Å². The van der Waals surface area contributed by atoms with Crippen LogP contribution in [0.3, 0.4) is 0 Å². The Bertz CT molecular complexity index is 600. The highest BCUT2D eigenvalue weighted by molar-refractivity contribution is 7.91. The molecule has 1 heterocycles. The number of aliphatic hydroxyl groups is 1. The van der Waals surface area contributed by atoms with Crippen LogP contribution in [0.1, 0.15) is 18.9 Å². The smallest absolute Gasteiger partial charge is 0.151 e. The largest absolute Gasteiger partial charge is 0.389 e. The first-order valence-corrected chi connectivity index (χ1v) is 8.39. The number of sulfone groups is 1. The molecule has 20 heavy (non-hydrogen) atoms. The fraction of sp³-hybridized carbons (Fsp3) is 0.571. The van der Waals surface area contributed by atoms with Crippen LogP contribution in [0.5, 0.6) is 0 Å². The van der Waals surface area contributed by atoms with Crippen molar-refractivity contribution in [2.75, 3.05) is 18.1 Å². The second-order valence-electron chi connectivity index (χ2n) is 5.91. The molecule has 6 heteroatoms. The second-order valence-corrected chi connectivity index (χ2v) is 8.09. The van der Waals surface area contributed by atoms with Gasteiger partial charge in [-0.2, -0.15) is 0 Å². The molecule has 112 valence electrons. The molecule has 2 atom stereocenters. The van der Waals surface area contributed by atoms with E-state index >= 15 is 0 Å². The highest BCUT2D eigenvalue weighted by atomic mass is 32.2. The highest BCUT2D eigenvalue weighted by Crippen LogP contribution is 2.42. The third-order valence-corrected chi connectivity index (χ3v) is 6.18. The third-order valence-electron chi connectivity index (χ3n) is 4.36. The summed E-state index contributed by atoms with van der Waals surface area (Å²) in [4.78, 5) is 0. The maximum Gasteiger partial charge on any atom is 0.151 e. The van der Waals surface area contributed by atoms with E-state index in [0.717, 1.165) is 0 Å². The summed E-state index contributed by atoms with van der Waals surface area (Å²) < 4.78 is 36.7. The number of rotatable bonds is 4. The molecule has 1 aromatic rings. The van der Waals surface area contributed by atoms with Gasteiger partial charge in [-0.05, 0) is 31.0 Å². The van der Waals surface area contributed by atoms with Crippen LogP contribution in [-0.2, 0) is 16.3 Å². The Morgan fingerprint density at radius 3 is 2.70 bits per heavy atom. The van der Waals surface area contributed by atoms with Crippen molar-refractivity contribution in [1.29, 1.82) is 0 Å². The molecule has 1 saturated heterocycles. The van der Waals surface area contributed by atoms with Gasteiger partial charge in [0.25, 0.3) is 0 Å². The van der Waals surface area contributed by atoms with Gasteiger partial charge < -0.3 is 10.8 Å². The summed E-state index contributed by atoms with van der Waals surface area (Å²) >= 11 is 0. The van der Waals surface area contributed by atoms with Crippen molar-refractivity contribution in [2.24, 2.45) is 11.1 Å². The summed E-state index contributed by atoms with van der Waals surface area (Å²) in [6.45, 7) is 1.68. The Kier molecular flexibility index (Phi) is 3.92. The number of halogens is 1. The molecular weight excluding hydrogens is 281 g/mol. The van der Waals surface area contributed by atoms with Crippen molar-refractivity contribution >= 4 is 9.84 Å². The lowest BCUT2D eigenvalue weighted by molar-refractivity contribution is -0.0517. The van der Waals surface area contributed by atoms with Gasteiger partial charge >= 0.3 is 0 Å². The molecule has 1 fully saturated rings. The summed E-state index contributed by atoms with van der Waals surface area (Å²) in [5.74, 6) is -0.443. The van der Waals surface area contributed by atoms with Gasteiger partial charge in [0.05, 0.1) is 17.1 Å². The minimum Gasteiger partial charge on any atom is -0.389 e. The summed E-state index contributed by atoms with van der Waals surface area (Å²) in [6.07, 6.45) is 0.519. The Labute approximate surface area is 118 Å². The zero-order valence-electron chi connectivity index (χ0n) is 11.5. The van der Waals surface area contributed by atoms with E-state index in [-0.39, 0.29) is 30.3 Å². The Balaban J connectivity index is 2.29. The average Bonchev–Trinajstić information content (AvgIpc) is 2.66. The van der Waals surface area contributed by atoms with E-state index in [1.54, 1.807) is 19.1 Å².